The molecule has 0 aliphatic carbocycles. The smallest absolute Gasteiger partial charge is 0.337 e. The lowest BCUT2D eigenvalue weighted by Crippen LogP contribution is -2.33. The standard InChI is InChI=1S/C26H24FNO6S/c1-16-21(9-11-23(24(16)27)35(3,31)32)25(29)28-12-13-34-22-10-8-19(14-20(22)15-28)17-4-6-18(7-5-17)26(30)33-2/h4-11,14H,12-13,15H2,1-3H3. The van der Waals surface area contributed by atoms with Crippen molar-refractivity contribution in [3.63, 3.8) is 0 Å². The summed E-state index contributed by atoms with van der Waals surface area (Å²) < 4.78 is 48.9. The fourth-order valence-corrected chi connectivity index (χ4v) is 4.81. The number of ether oxygens (including phenoxy) is 2. The van der Waals surface area contributed by atoms with Crippen LogP contribution in [0.25, 0.3) is 11.1 Å². The quantitative estimate of drug-likeness (QED) is 0.506. The number of sulfone groups is 1. The second-order valence-electron chi connectivity index (χ2n) is 8.29. The number of nitrogens with zero attached hydrogens (tertiary/aromatic N) is 1. The highest BCUT2D eigenvalue weighted by Crippen LogP contribution is 2.31. The maximum absolute atomic E-state index is 14.7. The molecular weight excluding hydrogens is 473 g/mol. The van der Waals surface area contributed by atoms with Crippen molar-refractivity contribution in [3.8, 4) is 16.9 Å². The topological polar surface area (TPSA) is 90.0 Å². The lowest BCUT2D eigenvalue weighted by Gasteiger charge is -2.21. The monoisotopic (exact) mass is 497 g/mol. The van der Waals surface area contributed by atoms with Crippen molar-refractivity contribution in [1.82, 2.24) is 4.90 Å². The Kier molecular flexibility index (Phi) is 6.62. The maximum atomic E-state index is 14.7. The van der Waals surface area contributed by atoms with Gasteiger partial charge in [0.05, 0.1) is 19.2 Å². The number of carbonyl (C=O) groups is 2. The van der Waals surface area contributed by atoms with Gasteiger partial charge in [-0.15, -0.1) is 0 Å². The van der Waals surface area contributed by atoms with Crippen LogP contribution in [0, 0.1) is 12.7 Å². The summed E-state index contributed by atoms with van der Waals surface area (Å²) in [7, 11) is -2.43. The summed E-state index contributed by atoms with van der Waals surface area (Å²) in [5.74, 6) is -1.10. The summed E-state index contributed by atoms with van der Waals surface area (Å²) in [5, 5.41) is 0. The predicted molar refractivity (Wildman–Crippen MR) is 128 cm³/mol. The van der Waals surface area contributed by atoms with Gasteiger partial charge in [0.15, 0.2) is 9.84 Å². The first-order valence-electron chi connectivity index (χ1n) is 10.8. The minimum atomic E-state index is -3.75. The molecule has 0 N–H and O–H groups in total. The molecule has 0 aromatic heterocycles. The van der Waals surface area contributed by atoms with E-state index in [-0.39, 0.29) is 30.8 Å². The highest BCUT2D eigenvalue weighted by Gasteiger charge is 2.26. The third-order valence-corrected chi connectivity index (χ3v) is 7.06. The number of methoxy groups -OCH3 is 1. The highest BCUT2D eigenvalue weighted by atomic mass is 32.2. The SMILES string of the molecule is COC(=O)c1ccc(-c2ccc3c(c2)CN(C(=O)c2ccc(S(C)(=O)=O)c(F)c2C)CCO3)cc1. The molecule has 0 radical (unpaired) electrons. The number of hydrogen-bond donors (Lipinski definition) is 0. The molecule has 1 heterocycles. The Morgan fingerprint density at radius 2 is 1.71 bits per heavy atom. The van der Waals surface area contributed by atoms with Gasteiger partial charge in [-0.25, -0.2) is 17.6 Å². The Hall–Kier alpha value is -3.72. The number of benzene rings is 3. The fraction of sp³-hybridized carbons (Fsp3) is 0.231. The summed E-state index contributed by atoms with van der Waals surface area (Å²) in [6.07, 6.45) is 0.927. The second-order valence-corrected chi connectivity index (χ2v) is 10.3. The van der Waals surface area contributed by atoms with Crippen LogP contribution in [0.15, 0.2) is 59.5 Å². The van der Waals surface area contributed by atoms with Gasteiger partial charge in [0.1, 0.15) is 23.1 Å². The minimum Gasteiger partial charge on any atom is -0.491 e. The van der Waals surface area contributed by atoms with Crippen LogP contribution in [0.2, 0.25) is 0 Å². The number of hydrogen-bond acceptors (Lipinski definition) is 6. The molecule has 1 aliphatic rings. The lowest BCUT2D eigenvalue weighted by molar-refractivity contribution is 0.0600. The third kappa shape index (κ3) is 4.90. The zero-order chi connectivity index (χ0) is 25.3. The number of carbonyl (C=O) groups excluding carboxylic acids is 2. The molecule has 0 saturated carbocycles. The first-order chi connectivity index (χ1) is 16.6. The van der Waals surface area contributed by atoms with Gasteiger partial charge in [0.25, 0.3) is 5.91 Å². The first-order valence-corrected chi connectivity index (χ1v) is 12.7. The number of rotatable bonds is 4. The molecule has 3 aromatic rings. The van der Waals surface area contributed by atoms with Gasteiger partial charge in [-0.2, -0.15) is 0 Å². The van der Waals surface area contributed by atoms with Crippen LogP contribution in [0.5, 0.6) is 5.75 Å². The zero-order valence-corrected chi connectivity index (χ0v) is 20.3. The van der Waals surface area contributed by atoms with E-state index in [0.29, 0.717) is 11.3 Å². The molecule has 182 valence electrons. The molecule has 7 nitrogen and oxygen atoms in total. The van der Waals surface area contributed by atoms with Crippen LogP contribution in [0.4, 0.5) is 4.39 Å². The number of amides is 1. The van der Waals surface area contributed by atoms with E-state index in [9.17, 15) is 22.4 Å². The van der Waals surface area contributed by atoms with E-state index >= 15 is 0 Å². The molecule has 1 aliphatic heterocycles. The Balaban J connectivity index is 1.63. The normalized spacial score (nSPS) is 13.4. The summed E-state index contributed by atoms with van der Waals surface area (Å²) in [6.45, 7) is 2.17. The molecule has 35 heavy (non-hydrogen) atoms. The molecular formula is C26H24FNO6S. The van der Waals surface area contributed by atoms with E-state index in [1.807, 2.05) is 30.3 Å². The van der Waals surface area contributed by atoms with Crippen LogP contribution in [-0.2, 0) is 21.1 Å². The maximum Gasteiger partial charge on any atom is 0.337 e. The van der Waals surface area contributed by atoms with Crippen molar-refractivity contribution >= 4 is 21.7 Å². The molecule has 0 saturated heterocycles. The Labute approximate surface area is 203 Å². The van der Waals surface area contributed by atoms with E-state index in [0.717, 1.165) is 29.0 Å². The molecule has 1 amide bonds. The van der Waals surface area contributed by atoms with Gasteiger partial charge in [-0.3, -0.25) is 4.79 Å². The number of halogens is 1. The Morgan fingerprint density at radius 3 is 2.37 bits per heavy atom. The van der Waals surface area contributed by atoms with Crippen molar-refractivity contribution in [1.29, 1.82) is 0 Å². The van der Waals surface area contributed by atoms with Crippen molar-refractivity contribution in [2.75, 3.05) is 26.5 Å². The van der Waals surface area contributed by atoms with Gasteiger partial charge in [0, 0.05) is 23.9 Å². The number of fused-ring (bicyclic) bond motifs is 1. The molecule has 0 fully saturated rings. The van der Waals surface area contributed by atoms with Gasteiger partial charge in [-0.1, -0.05) is 18.2 Å². The van der Waals surface area contributed by atoms with Gasteiger partial charge in [0.2, 0.25) is 0 Å². The Morgan fingerprint density at radius 1 is 1.03 bits per heavy atom. The Bertz CT molecular complexity index is 1420. The van der Waals surface area contributed by atoms with E-state index in [1.165, 1.54) is 20.1 Å². The molecule has 9 heteroatoms. The van der Waals surface area contributed by atoms with E-state index in [1.54, 1.807) is 17.0 Å². The lowest BCUT2D eigenvalue weighted by atomic mass is 10.0. The van der Waals surface area contributed by atoms with E-state index in [4.69, 9.17) is 9.47 Å². The van der Waals surface area contributed by atoms with Crippen LogP contribution in [0.1, 0.15) is 31.8 Å². The van der Waals surface area contributed by atoms with Crippen LogP contribution in [0.3, 0.4) is 0 Å². The van der Waals surface area contributed by atoms with Crippen LogP contribution >= 0.6 is 0 Å². The van der Waals surface area contributed by atoms with Gasteiger partial charge < -0.3 is 14.4 Å². The number of esters is 1. The molecule has 3 aromatic carbocycles. The van der Waals surface area contributed by atoms with Gasteiger partial charge >= 0.3 is 5.97 Å². The third-order valence-electron chi connectivity index (χ3n) is 5.95. The van der Waals surface area contributed by atoms with Crippen molar-refractivity contribution < 1.29 is 31.9 Å². The average Bonchev–Trinajstić information content (AvgIpc) is 3.06. The van der Waals surface area contributed by atoms with E-state index < -0.39 is 32.4 Å². The fourth-order valence-electron chi connectivity index (χ4n) is 4.01. The summed E-state index contributed by atoms with van der Waals surface area (Å²) in [6, 6.07) is 15.1. The second kappa shape index (κ2) is 9.50. The molecule has 0 bridgehead atoms. The predicted octanol–water partition coefficient (Wildman–Crippen LogP) is 4.03. The largest absolute Gasteiger partial charge is 0.491 e. The van der Waals surface area contributed by atoms with Crippen LogP contribution in [-0.4, -0.2) is 51.7 Å². The van der Waals surface area contributed by atoms with Gasteiger partial charge in [-0.05, 0) is 60.0 Å². The van der Waals surface area contributed by atoms with Crippen LogP contribution < -0.4 is 4.74 Å². The molecule has 0 spiro atoms. The molecule has 0 atom stereocenters. The van der Waals surface area contributed by atoms with Crippen molar-refractivity contribution in [2.45, 2.75) is 18.4 Å². The van der Waals surface area contributed by atoms with E-state index in [2.05, 4.69) is 0 Å². The molecule has 4 rings (SSSR count). The van der Waals surface area contributed by atoms with Crippen molar-refractivity contribution in [3.05, 3.63) is 82.7 Å². The average molecular weight is 498 g/mol. The van der Waals surface area contributed by atoms with Crippen molar-refractivity contribution in [2.24, 2.45) is 0 Å². The summed E-state index contributed by atoms with van der Waals surface area (Å²) >= 11 is 0. The highest BCUT2D eigenvalue weighted by molar-refractivity contribution is 7.90. The molecule has 0 unspecified atom stereocenters. The summed E-state index contributed by atoms with van der Waals surface area (Å²) in [4.78, 5) is 26.1. The summed E-state index contributed by atoms with van der Waals surface area (Å²) in [5.41, 5.74) is 3.05. The minimum absolute atomic E-state index is 0.0113. The zero-order valence-electron chi connectivity index (χ0n) is 19.5. The first kappa shape index (κ1) is 24.4.